The lowest BCUT2D eigenvalue weighted by atomic mass is 9.96. The molecule has 7 heteroatoms. The number of para-hydroxylation sites is 1. The van der Waals surface area contributed by atoms with Crippen molar-refractivity contribution in [3.8, 4) is 5.75 Å². The third kappa shape index (κ3) is 6.88. The number of hydrogen-bond donors (Lipinski definition) is 0. The first-order chi connectivity index (χ1) is 21.4. The fourth-order valence-corrected chi connectivity index (χ4v) is 6.14. The summed E-state index contributed by atoms with van der Waals surface area (Å²) in [5.41, 5.74) is 5.61. The summed E-state index contributed by atoms with van der Waals surface area (Å²) in [6, 6.07) is 22.1. The van der Waals surface area contributed by atoms with Crippen LogP contribution in [0, 0.1) is 0 Å². The Balaban J connectivity index is 1.36. The highest BCUT2D eigenvalue weighted by atomic mass is 16.5. The Morgan fingerprint density at radius 3 is 2.48 bits per heavy atom. The Hall–Kier alpha value is -4.39. The smallest absolute Gasteiger partial charge is 0.305 e. The topological polar surface area (TPSA) is 77.8 Å². The summed E-state index contributed by atoms with van der Waals surface area (Å²) in [4.78, 5) is 40.6. The summed E-state index contributed by atoms with van der Waals surface area (Å²) in [6.07, 6.45) is 6.97. The van der Waals surface area contributed by atoms with Crippen LogP contribution in [0.5, 0.6) is 5.75 Å². The molecule has 0 fully saturated rings. The second-order valence-electron chi connectivity index (χ2n) is 11.4. The van der Waals surface area contributed by atoms with Gasteiger partial charge < -0.3 is 14.0 Å². The number of esters is 1. The first-order valence-electron chi connectivity index (χ1n) is 15.9. The molecule has 2 heterocycles. The molecule has 1 aliphatic heterocycles. The van der Waals surface area contributed by atoms with Crippen molar-refractivity contribution in [1.29, 1.82) is 0 Å². The van der Waals surface area contributed by atoms with Gasteiger partial charge in [0, 0.05) is 42.0 Å². The molecule has 0 saturated carbocycles. The molecule has 1 aromatic heterocycles. The standard InChI is InChI=1S/C37H42N2O5/c1-4-10-26-15-18-28(19-16-26)31(11-5-2)39-33-20-17-27(23-35(33)44-25-36(39)41)22-34(40)30-24-38(21-9-14-37(42)43-6-3)32-13-8-7-12-29(30)32/h7-8,12-13,15-20,23-24,31H,4-6,9-11,14,21-22,25H2,1-3H3. The molecule has 7 nitrogen and oxygen atoms in total. The van der Waals surface area contributed by atoms with Gasteiger partial charge >= 0.3 is 5.97 Å². The van der Waals surface area contributed by atoms with Crippen molar-refractivity contribution in [1.82, 2.24) is 4.57 Å². The van der Waals surface area contributed by atoms with Crippen molar-refractivity contribution in [3.63, 3.8) is 0 Å². The van der Waals surface area contributed by atoms with E-state index < -0.39 is 0 Å². The highest BCUT2D eigenvalue weighted by molar-refractivity contribution is 6.09. The van der Waals surface area contributed by atoms with E-state index in [0.717, 1.165) is 53.4 Å². The zero-order valence-electron chi connectivity index (χ0n) is 26.0. The fraction of sp³-hybridized carbons (Fsp3) is 0.378. The van der Waals surface area contributed by atoms with E-state index in [9.17, 15) is 14.4 Å². The average Bonchev–Trinajstić information content (AvgIpc) is 3.40. The summed E-state index contributed by atoms with van der Waals surface area (Å²) in [5, 5.41) is 0.895. The number of benzene rings is 3. The number of rotatable bonds is 14. The fourth-order valence-electron chi connectivity index (χ4n) is 6.14. The molecule has 230 valence electrons. The molecule has 4 aromatic rings. The molecule has 3 aromatic carbocycles. The largest absolute Gasteiger partial charge is 0.482 e. The molecule has 0 bridgehead atoms. The molecule has 0 saturated heterocycles. The minimum absolute atomic E-state index is 0.00469. The average molecular weight is 595 g/mol. The molecule has 0 spiro atoms. The van der Waals surface area contributed by atoms with Crippen molar-refractivity contribution >= 4 is 34.3 Å². The van der Waals surface area contributed by atoms with E-state index in [-0.39, 0.29) is 36.7 Å². The van der Waals surface area contributed by atoms with Gasteiger partial charge in [-0.25, -0.2) is 0 Å². The van der Waals surface area contributed by atoms with Crippen LogP contribution in [0.15, 0.2) is 72.9 Å². The third-order valence-corrected chi connectivity index (χ3v) is 8.22. The van der Waals surface area contributed by atoms with Gasteiger partial charge in [0.1, 0.15) is 5.75 Å². The number of carbonyl (C=O) groups is 3. The molecule has 1 amide bonds. The van der Waals surface area contributed by atoms with Crippen molar-refractivity contribution in [2.75, 3.05) is 18.1 Å². The number of Topliss-reactive ketones (excluding diaryl/α,β-unsaturated/α-hetero) is 1. The van der Waals surface area contributed by atoms with Gasteiger partial charge in [-0.2, -0.15) is 0 Å². The summed E-state index contributed by atoms with van der Waals surface area (Å²) in [5.74, 6) is 0.360. The Labute approximate surface area is 259 Å². The maximum absolute atomic E-state index is 13.7. The van der Waals surface area contributed by atoms with E-state index in [2.05, 4.69) is 38.1 Å². The second kappa shape index (κ2) is 14.4. The van der Waals surface area contributed by atoms with E-state index in [1.807, 2.05) is 58.1 Å². The predicted octanol–water partition coefficient (Wildman–Crippen LogP) is 7.63. The highest BCUT2D eigenvalue weighted by Gasteiger charge is 2.32. The molecule has 5 rings (SSSR count). The van der Waals surface area contributed by atoms with Crippen LogP contribution in [0.1, 0.15) is 86.0 Å². The van der Waals surface area contributed by atoms with Crippen molar-refractivity contribution in [3.05, 3.63) is 95.2 Å². The third-order valence-electron chi connectivity index (χ3n) is 8.22. The molecule has 1 unspecified atom stereocenters. The van der Waals surface area contributed by atoms with Crippen LogP contribution in [-0.2, 0) is 33.7 Å². The Bertz CT molecular complexity index is 1620. The van der Waals surface area contributed by atoms with Crippen LogP contribution in [0.2, 0.25) is 0 Å². The lowest BCUT2D eigenvalue weighted by Crippen LogP contribution is -2.41. The molecule has 0 N–H and O–H groups in total. The van der Waals surface area contributed by atoms with Crippen LogP contribution in [0.3, 0.4) is 0 Å². The number of hydrogen-bond acceptors (Lipinski definition) is 5. The summed E-state index contributed by atoms with van der Waals surface area (Å²) < 4.78 is 13.0. The van der Waals surface area contributed by atoms with E-state index >= 15 is 0 Å². The minimum Gasteiger partial charge on any atom is -0.482 e. The minimum atomic E-state index is -0.207. The molecule has 1 aliphatic rings. The maximum atomic E-state index is 13.7. The van der Waals surface area contributed by atoms with Crippen LogP contribution in [0.25, 0.3) is 10.9 Å². The Kier molecular flexibility index (Phi) is 10.2. The number of aryl methyl sites for hydroxylation is 2. The Morgan fingerprint density at radius 1 is 0.955 bits per heavy atom. The molecule has 1 atom stereocenters. The number of fused-ring (bicyclic) bond motifs is 2. The van der Waals surface area contributed by atoms with E-state index in [1.165, 1.54) is 5.56 Å². The zero-order chi connectivity index (χ0) is 31.1. The summed E-state index contributed by atoms with van der Waals surface area (Å²) in [7, 11) is 0. The number of ketones is 1. The molecule has 0 radical (unpaired) electrons. The SMILES string of the molecule is CCCc1ccc(C(CCC)N2C(=O)COc3cc(CC(=O)c4cn(CCCC(=O)OCC)c5ccccc45)ccc32)cc1. The lowest BCUT2D eigenvalue weighted by Gasteiger charge is -2.36. The van der Waals surface area contributed by atoms with Crippen LogP contribution >= 0.6 is 0 Å². The van der Waals surface area contributed by atoms with Gasteiger partial charge in [0.25, 0.3) is 5.91 Å². The Morgan fingerprint density at radius 2 is 1.73 bits per heavy atom. The number of aromatic nitrogens is 1. The summed E-state index contributed by atoms with van der Waals surface area (Å²) in [6.45, 7) is 7.07. The van der Waals surface area contributed by atoms with Crippen LogP contribution in [-0.4, -0.2) is 35.4 Å². The van der Waals surface area contributed by atoms with Gasteiger partial charge in [-0.05, 0) is 61.1 Å². The predicted molar refractivity (Wildman–Crippen MR) is 173 cm³/mol. The van der Waals surface area contributed by atoms with Gasteiger partial charge in [0.05, 0.1) is 18.3 Å². The highest BCUT2D eigenvalue weighted by Crippen LogP contribution is 2.40. The van der Waals surface area contributed by atoms with Gasteiger partial charge in [-0.1, -0.05) is 75.2 Å². The maximum Gasteiger partial charge on any atom is 0.305 e. The number of nitrogens with zero attached hydrogens (tertiary/aromatic N) is 2. The normalized spacial score (nSPS) is 13.4. The van der Waals surface area contributed by atoms with Gasteiger partial charge in [0.15, 0.2) is 12.4 Å². The molecular weight excluding hydrogens is 552 g/mol. The molecular formula is C37H42N2O5. The number of ether oxygens (including phenoxy) is 2. The lowest BCUT2D eigenvalue weighted by molar-refractivity contribution is -0.143. The number of anilines is 1. The quantitative estimate of drug-likeness (QED) is 0.111. The number of carbonyl (C=O) groups excluding carboxylic acids is 3. The van der Waals surface area contributed by atoms with E-state index in [4.69, 9.17) is 9.47 Å². The van der Waals surface area contributed by atoms with Gasteiger partial charge in [-0.3, -0.25) is 19.3 Å². The van der Waals surface area contributed by atoms with Crippen molar-refractivity contribution in [2.45, 2.75) is 78.3 Å². The molecule has 0 aliphatic carbocycles. The molecule has 44 heavy (non-hydrogen) atoms. The second-order valence-corrected chi connectivity index (χ2v) is 11.4. The van der Waals surface area contributed by atoms with Gasteiger partial charge in [0.2, 0.25) is 0 Å². The van der Waals surface area contributed by atoms with Crippen molar-refractivity contribution in [2.24, 2.45) is 0 Å². The van der Waals surface area contributed by atoms with Crippen LogP contribution < -0.4 is 9.64 Å². The first kappa shape index (κ1) is 31.0. The van der Waals surface area contributed by atoms with E-state index in [1.54, 1.807) is 6.92 Å². The zero-order valence-corrected chi connectivity index (χ0v) is 26.0. The number of amides is 1. The van der Waals surface area contributed by atoms with Crippen LogP contribution in [0.4, 0.5) is 5.69 Å². The first-order valence-corrected chi connectivity index (χ1v) is 15.9. The van der Waals surface area contributed by atoms with Gasteiger partial charge in [-0.15, -0.1) is 0 Å². The van der Waals surface area contributed by atoms with E-state index in [0.29, 0.717) is 37.3 Å². The summed E-state index contributed by atoms with van der Waals surface area (Å²) >= 11 is 0. The monoisotopic (exact) mass is 594 g/mol. The van der Waals surface area contributed by atoms with Crippen molar-refractivity contribution < 1.29 is 23.9 Å².